The zero-order valence-corrected chi connectivity index (χ0v) is 7.53. The molecule has 14 heavy (non-hydrogen) atoms. The molecule has 0 heterocycles. The Morgan fingerprint density at radius 2 is 1.93 bits per heavy atom. The van der Waals surface area contributed by atoms with E-state index in [2.05, 4.69) is 0 Å². The van der Waals surface area contributed by atoms with E-state index in [0.29, 0.717) is 5.75 Å². The van der Waals surface area contributed by atoms with Gasteiger partial charge < -0.3 is 4.74 Å². The Morgan fingerprint density at radius 1 is 1.29 bits per heavy atom. The summed E-state index contributed by atoms with van der Waals surface area (Å²) in [5, 5.41) is 0. The zero-order chi connectivity index (χ0) is 9.84. The number of aldehydes is 1. The number of carbonyl (C=O) groups is 2. The van der Waals surface area contributed by atoms with Crippen molar-refractivity contribution in [1.29, 1.82) is 0 Å². The van der Waals surface area contributed by atoms with E-state index in [-0.39, 0.29) is 35.8 Å². The van der Waals surface area contributed by atoms with Crippen molar-refractivity contribution in [2.45, 2.75) is 13.8 Å². The second-order valence-corrected chi connectivity index (χ2v) is 2.79. The van der Waals surface area contributed by atoms with E-state index in [1.807, 2.05) is 19.9 Å². The number of benzene rings is 1. The van der Waals surface area contributed by atoms with Crippen LogP contribution < -0.4 is 4.74 Å². The fourth-order valence-corrected chi connectivity index (χ4v) is 0.918. The molecule has 1 aromatic rings. The standard InChI is InChI=1S/C10H10O3.Na.H/c1-7-3-4-9(5-8(7)2)13-10(12)6-11;;/h3-6H,1-2H3;;. The van der Waals surface area contributed by atoms with Crippen molar-refractivity contribution in [2.75, 3.05) is 0 Å². The molecule has 70 valence electrons. The number of aryl methyl sites for hydroxylation is 2. The molecule has 0 bridgehead atoms. The predicted octanol–water partition coefficient (Wildman–Crippen LogP) is 0.759. The van der Waals surface area contributed by atoms with Gasteiger partial charge in [0.15, 0.2) is 0 Å². The summed E-state index contributed by atoms with van der Waals surface area (Å²) in [5.74, 6) is -0.469. The van der Waals surface area contributed by atoms with Gasteiger partial charge in [0, 0.05) is 0 Å². The zero-order valence-electron chi connectivity index (χ0n) is 7.53. The Hall–Kier alpha value is -0.640. The first-order valence-electron chi connectivity index (χ1n) is 3.87. The molecule has 0 aromatic heterocycles. The second kappa shape index (κ2) is 5.96. The van der Waals surface area contributed by atoms with Crippen LogP contribution in [-0.2, 0) is 9.59 Å². The molecule has 0 radical (unpaired) electrons. The monoisotopic (exact) mass is 202 g/mol. The third-order valence-corrected chi connectivity index (χ3v) is 1.79. The van der Waals surface area contributed by atoms with Gasteiger partial charge in [-0.15, -0.1) is 0 Å². The summed E-state index contributed by atoms with van der Waals surface area (Å²) in [6, 6.07) is 5.21. The van der Waals surface area contributed by atoms with E-state index in [9.17, 15) is 9.59 Å². The van der Waals surface area contributed by atoms with E-state index >= 15 is 0 Å². The summed E-state index contributed by atoms with van der Waals surface area (Å²) in [6.45, 7) is 3.87. The van der Waals surface area contributed by atoms with E-state index in [1.165, 1.54) is 0 Å². The van der Waals surface area contributed by atoms with Crippen molar-refractivity contribution >= 4 is 41.8 Å². The van der Waals surface area contributed by atoms with Gasteiger partial charge in [-0.1, -0.05) is 6.07 Å². The summed E-state index contributed by atoms with van der Waals surface area (Å²) >= 11 is 0. The Bertz CT molecular complexity index is 347. The first kappa shape index (κ1) is 13.4. The molecule has 0 unspecified atom stereocenters. The summed E-state index contributed by atoms with van der Waals surface area (Å²) in [7, 11) is 0. The van der Waals surface area contributed by atoms with Crippen LogP contribution >= 0.6 is 0 Å². The van der Waals surface area contributed by atoms with Crippen molar-refractivity contribution < 1.29 is 14.3 Å². The number of hydrogen-bond acceptors (Lipinski definition) is 3. The summed E-state index contributed by atoms with van der Waals surface area (Å²) in [4.78, 5) is 20.6. The van der Waals surface area contributed by atoms with E-state index in [4.69, 9.17) is 4.74 Å². The number of ether oxygens (including phenoxy) is 1. The topological polar surface area (TPSA) is 43.4 Å². The van der Waals surface area contributed by atoms with E-state index < -0.39 is 5.97 Å². The first-order chi connectivity index (χ1) is 6.13. The average Bonchev–Trinajstić information content (AvgIpc) is 2.11. The molecule has 1 aromatic carbocycles. The first-order valence-corrected chi connectivity index (χ1v) is 3.87. The Balaban J connectivity index is 0.00000169. The van der Waals surface area contributed by atoms with Crippen LogP contribution in [0.2, 0.25) is 0 Å². The molecule has 0 aliphatic carbocycles. The van der Waals surface area contributed by atoms with Crippen LogP contribution in [0.4, 0.5) is 0 Å². The fraction of sp³-hybridized carbons (Fsp3) is 0.200. The number of rotatable bonds is 2. The van der Waals surface area contributed by atoms with Gasteiger partial charge in [-0.05, 0) is 37.1 Å². The summed E-state index contributed by atoms with van der Waals surface area (Å²) in [5.41, 5.74) is 2.14. The SMILES string of the molecule is Cc1ccc(OC(=O)C=O)cc1C.[NaH]. The number of hydrogen-bond donors (Lipinski definition) is 0. The van der Waals surface area contributed by atoms with Crippen molar-refractivity contribution in [3.8, 4) is 5.75 Å². The Labute approximate surface area is 105 Å². The maximum absolute atomic E-state index is 10.6. The Morgan fingerprint density at radius 3 is 2.43 bits per heavy atom. The summed E-state index contributed by atoms with van der Waals surface area (Å²) < 4.78 is 4.69. The van der Waals surface area contributed by atoms with Crippen LogP contribution in [-0.4, -0.2) is 41.8 Å². The number of carbonyl (C=O) groups excluding carboxylic acids is 2. The van der Waals surface area contributed by atoms with Crippen molar-refractivity contribution in [2.24, 2.45) is 0 Å². The minimum absolute atomic E-state index is 0. The molecule has 0 N–H and O–H groups in total. The normalized spacial score (nSPS) is 8.71. The average molecular weight is 202 g/mol. The molecular weight excluding hydrogens is 191 g/mol. The van der Waals surface area contributed by atoms with Crippen LogP contribution in [0.1, 0.15) is 11.1 Å². The van der Waals surface area contributed by atoms with Crippen LogP contribution in [0, 0.1) is 13.8 Å². The molecule has 4 heteroatoms. The molecular formula is C10H11NaO3. The van der Waals surface area contributed by atoms with Gasteiger partial charge in [-0.2, -0.15) is 0 Å². The van der Waals surface area contributed by atoms with Gasteiger partial charge in [-0.3, -0.25) is 4.79 Å². The molecule has 0 saturated carbocycles. The van der Waals surface area contributed by atoms with Gasteiger partial charge in [0.05, 0.1) is 0 Å². The predicted molar refractivity (Wildman–Crippen MR) is 54.8 cm³/mol. The summed E-state index contributed by atoms with van der Waals surface area (Å²) in [6.07, 6.45) is 0.148. The van der Waals surface area contributed by atoms with Gasteiger partial charge in [0.2, 0.25) is 6.29 Å². The van der Waals surface area contributed by atoms with Gasteiger partial charge in [0.25, 0.3) is 0 Å². The molecule has 3 nitrogen and oxygen atoms in total. The quantitative estimate of drug-likeness (QED) is 0.234. The third kappa shape index (κ3) is 3.62. The maximum atomic E-state index is 10.6. The third-order valence-electron chi connectivity index (χ3n) is 1.79. The second-order valence-electron chi connectivity index (χ2n) is 2.79. The van der Waals surface area contributed by atoms with E-state index in [1.54, 1.807) is 12.1 Å². The van der Waals surface area contributed by atoms with Crippen LogP contribution in [0.25, 0.3) is 0 Å². The van der Waals surface area contributed by atoms with E-state index in [0.717, 1.165) is 11.1 Å². The Kier molecular flexibility index (Phi) is 5.69. The van der Waals surface area contributed by atoms with Gasteiger partial charge in [-0.25, -0.2) is 4.79 Å². The molecule has 0 amide bonds. The van der Waals surface area contributed by atoms with Crippen molar-refractivity contribution in [1.82, 2.24) is 0 Å². The van der Waals surface area contributed by atoms with Crippen LogP contribution in [0.3, 0.4) is 0 Å². The van der Waals surface area contributed by atoms with Crippen LogP contribution in [0.5, 0.6) is 5.75 Å². The molecule has 0 aliphatic rings. The molecule has 0 atom stereocenters. The fourth-order valence-electron chi connectivity index (χ4n) is 0.918. The molecule has 1 rings (SSSR count). The van der Waals surface area contributed by atoms with Crippen molar-refractivity contribution in [3.05, 3.63) is 29.3 Å². The minimum atomic E-state index is -0.872. The molecule has 0 fully saturated rings. The van der Waals surface area contributed by atoms with Crippen molar-refractivity contribution in [3.63, 3.8) is 0 Å². The number of esters is 1. The van der Waals surface area contributed by atoms with Gasteiger partial charge >= 0.3 is 35.5 Å². The molecule has 0 aliphatic heterocycles. The van der Waals surface area contributed by atoms with Crippen LogP contribution in [0.15, 0.2) is 18.2 Å². The molecule has 0 saturated heterocycles. The molecule has 0 spiro atoms. The van der Waals surface area contributed by atoms with Gasteiger partial charge in [0.1, 0.15) is 5.75 Å².